The Balaban J connectivity index is 1.91. The summed E-state index contributed by atoms with van der Waals surface area (Å²) in [7, 11) is 1.61. The van der Waals surface area contributed by atoms with Gasteiger partial charge in [-0.15, -0.1) is 5.11 Å². The maximum atomic E-state index is 5.12. The molecule has 6 nitrogen and oxygen atoms in total. The molecule has 0 radical (unpaired) electrons. The van der Waals surface area contributed by atoms with Crippen LogP contribution in [0, 0.1) is 0 Å². The summed E-state index contributed by atoms with van der Waals surface area (Å²) < 4.78 is 5.12. The van der Waals surface area contributed by atoms with Crippen molar-refractivity contribution in [2.45, 2.75) is 12.6 Å². The van der Waals surface area contributed by atoms with E-state index in [0.29, 0.717) is 5.88 Å². The average Bonchev–Trinajstić information content (AvgIpc) is 2.82. The number of nitrogens with zero attached hydrogens (tertiary/aromatic N) is 5. The highest BCUT2D eigenvalue weighted by atomic mass is 16.5. The van der Waals surface area contributed by atoms with E-state index in [-0.39, 0.29) is 6.17 Å². The zero-order valence-electron chi connectivity index (χ0n) is 9.58. The van der Waals surface area contributed by atoms with Gasteiger partial charge in [-0.1, -0.05) is 0 Å². The van der Waals surface area contributed by atoms with E-state index in [1.54, 1.807) is 13.3 Å². The van der Waals surface area contributed by atoms with Gasteiger partial charge in [-0.3, -0.25) is 0 Å². The first-order valence-electron chi connectivity index (χ1n) is 5.60. The number of aliphatic imine (C=N–C) groups is 1. The number of rotatable bonds is 2. The van der Waals surface area contributed by atoms with Crippen molar-refractivity contribution in [3.8, 4) is 5.88 Å². The van der Waals surface area contributed by atoms with Gasteiger partial charge in [-0.2, -0.15) is 5.11 Å². The topological polar surface area (TPSA) is 62.4 Å². The second-order valence-electron chi connectivity index (χ2n) is 3.95. The highest BCUT2D eigenvalue weighted by Crippen LogP contribution is 2.31. The molecule has 0 saturated carbocycles. The van der Waals surface area contributed by atoms with Gasteiger partial charge in [0.15, 0.2) is 6.17 Å². The van der Waals surface area contributed by atoms with Gasteiger partial charge in [0.1, 0.15) is 0 Å². The van der Waals surface area contributed by atoms with Crippen LogP contribution in [0.15, 0.2) is 33.6 Å². The first-order valence-corrected chi connectivity index (χ1v) is 5.60. The zero-order valence-corrected chi connectivity index (χ0v) is 9.58. The summed E-state index contributed by atoms with van der Waals surface area (Å²) in [6.07, 6.45) is 2.70. The monoisotopic (exact) mass is 231 g/mol. The molecule has 0 bridgehead atoms. The van der Waals surface area contributed by atoms with Crippen molar-refractivity contribution in [3.63, 3.8) is 0 Å². The lowest BCUT2D eigenvalue weighted by Crippen LogP contribution is -2.33. The molecule has 1 aromatic heterocycles. The summed E-state index contributed by atoms with van der Waals surface area (Å²) in [6, 6.07) is 3.82. The number of ether oxygens (including phenoxy) is 1. The minimum absolute atomic E-state index is 0.0778. The highest BCUT2D eigenvalue weighted by molar-refractivity contribution is 5.82. The molecule has 2 aliphatic heterocycles. The molecule has 6 heteroatoms. The van der Waals surface area contributed by atoms with Crippen LogP contribution in [0.1, 0.15) is 18.2 Å². The minimum atomic E-state index is -0.0778. The van der Waals surface area contributed by atoms with Gasteiger partial charge in [0.2, 0.25) is 11.8 Å². The van der Waals surface area contributed by atoms with Crippen LogP contribution in [0.4, 0.5) is 0 Å². The van der Waals surface area contributed by atoms with E-state index in [2.05, 4.69) is 25.1 Å². The van der Waals surface area contributed by atoms with Crippen LogP contribution in [0.3, 0.4) is 0 Å². The molecule has 88 valence electrons. The summed E-state index contributed by atoms with van der Waals surface area (Å²) in [4.78, 5) is 10.5. The fourth-order valence-electron chi connectivity index (χ4n) is 2.04. The number of hydrogen-bond donors (Lipinski definition) is 0. The summed E-state index contributed by atoms with van der Waals surface area (Å²) in [5.41, 5.74) is 1.03. The standard InChI is InChI=1S/C11H13N5O/c1-17-9-7-8(3-5-12-9)10-14-15-11-13-4-2-6-16(10)11/h3,5,7,10H,2,4,6H2,1H3. The van der Waals surface area contributed by atoms with Gasteiger partial charge in [0.05, 0.1) is 7.11 Å². The van der Waals surface area contributed by atoms with E-state index >= 15 is 0 Å². The van der Waals surface area contributed by atoms with Crippen LogP contribution in [-0.4, -0.2) is 36.0 Å². The van der Waals surface area contributed by atoms with Crippen molar-refractivity contribution in [2.24, 2.45) is 15.2 Å². The molecule has 1 unspecified atom stereocenters. The summed E-state index contributed by atoms with van der Waals surface area (Å²) in [5.74, 6) is 1.34. The average molecular weight is 231 g/mol. The smallest absolute Gasteiger partial charge is 0.242 e. The molecule has 0 saturated heterocycles. The number of methoxy groups -OCH3 is 1. The van der Waals surface area contributed by atoms with Crippen molar-refractivity contribution >= 4 is 5.96 Å². The Kier molecular flexibility index (Phi) is 2.47. The first kappa shape index (κ1) is 10.2. The summed E-state index contributed by atoms with van der Waals surface area (Å²) in [6.45, 7) is 1.79. The summed E-state index contributed by atoms with van der Waals surface area (Å²) >= 11 is 0. The van der Waals surface area contributed by atoms with Crippen LogP contribution < -0.4 is 4.74 Å². The molecule has 17 heavy (non-hydrogen) atoms. The van der Waals surface area contributed by atoms with Gasteiger partial charge in [-0.25, -0.2) is 9.98 Å². The van der Waals surface area contributed by atoms with E-state index in [0.717, 1.165) is 31.0 Å². The molecule has 1 aromatic rings. The van der Waals surface area contributed by atoms with Gasteiger partial charge in [-0.05, 0) is 12.5 Å². The molecule has 0 spiro atoms. The maximum absolute atomic E-state index is 5.12. The van der Waals surface area contributed by atoms with Crippen LogP contribution in [0.25, 0.3) is 0 Å². The molecule has 0 N–H and O–H groups in total. The highest BCUT2D eigenvalue weighted by Gasteiger charge is 2.30. The van der Waals surface area contributed by atoms with Crippen LogP contribution in [0.2, 0.25) is 0 Å². The minimum Gasteiger partial charge on any atom is -0.481 e. The SMILES string of the molecule is COc1cc(C2N=NC3=NCCCN32)ccn1. The Morgan fingerprint density at radius 1 is 1.47 bits per heavy atom. The van der Waals surface area contributed by atoms with Crippen LogP contribution in [0.5, 0.6) is 5.88 Å². The molecule has 1 atom stereocenters. The first-order chi connectivity index (χ1) is 8.38. The molecule has 3 heterocycles. The Hall–Kier alpha value is -1.98. The number of azo groups is 1. The van der Waals surface area contributed by atoms with Crippen LogP contribution >= 0.6 is 0 Å². The molecule has 0 amide bonds. The molecule has 3 rings (SSSR count). The van der Waals surface area contributed by atoms with Crippen molar-refractivity contribution in [1.29, 1.82) is 0 Å². The third-order valence-corrected chi connectivity index (χ3v) is 2.89. The van der Waals surface area contributed by atoms with Gasteiger partial charge < -0.3 is 9.64 Å². The largest absolute Gasteiger partial charge is 0.481 e. The van der Waals surface area contributed by atoms with Crippen molar-refractivity contribution in [3.05, 3.63) is 23.9 Å². The third-order valence-electron chi connectivity index (χ3n) is 2.89. The van der Waals surface area contributed by atoms with Crippen molar-refractivity contribution in [1.82, 2.24) is 9.88 Å². The fraction of sp³-hybridized carbons (Fsp3) is 0.455. The molecular weight excluding hydrogens is 218 g/mol. The number of pyridine rings is 1. The second kappa shape index (κ2) is 4.12. The lowest BCUT2D eigenvalue weighted by atomic mass is 10.2. The van der Waals surface area contributed by atoms with Gasteiger partial charge in [0.25, 0.3) is 0 Å². The predicted octanol–water partition coefficient (Wildman–Crippen LogP) is 1.62. The van der Waals surface area contributed by atoms with E-state index in [1.165, 1.54) is 0 Å². The Morgan fingerprint density at radius 3 is 3.29 bits per heavy atom. The predicted molar refractivity (Wildman–Crippen MR) is 62.0 cm³/mol. The van der Waals surface area contributed by atoms with E-state index in [1.807, 2.05) is 12.1 Å². The second-order valence-corrected chi connectivity index (χ2v) is 3.95. The molecular formula is C11H13N5O. The quantitative estimate of drug-likeness (QED) is 0.776. The third kappa shape index (κ3) is 1.75. The lowest BCUT2D eigenvalue weighted by molar-refractivity contribution is 0.325. The number of fused-ring (bicyclic) bond motifs is 1. The van der Waals surface area contributed by atoms with Crippen molar-refractivity contribution in [2.75, 3.05) is 20.2 Å². The Morgan fingerprint density at radius 2 is 2.41 bits per heavy atom. The lowest BCUT2D eigenvalue weighted by Gasteiger charge is -2.26. The van der Waals surface area contributed by atoms with Crippen LogP contribution in [-0.2, 0) is 0 Å². The van der Waals surface area contributed by atoms with Gasteiger partial charge in [0, 0.05) is 30.9 Å². The summed E-state index contributed by atoms with van der Waals surface area (Å²) in [5, 5.41) is 8.37. The normalized spacial score (nSPS) is 22.3. The van der Waals surface area contributed by atoms with Gasteiger partial charge >= 0.3 is 0 Å². The number of aromatic nitrogens is 1. The zero-order chi connectivity index (χ0) is 11.7. The van der Waals surface area contributed by atoms with E-state index in [4.69, 9.17) is 4.74 Å². The molecule has 0 fully saturated rings. The molecule has 0 aromatic carbocycles. The number of guanidine groups is 1. The van der Waals surface area contributed by atoms with E-state index in [9.17, 15) is 0 Å². The molecule has 2 aliphatic rings. The van der Waals surface area contributed by atoms with Crippen molar-refractivity contribution < 1.29 is 4.74 Å². The fourth-order valence-corrected chi connectivity index (χ4v) is 2.04. The maximum Gasteiger partial charge on any atom is 0.242 e. The number of hydrogen-bond acceptors (Lipinski definition) is 6. The Labute approximate surface area is 99.0 Å². The van der Waals surface area contributed by atoms with E-state index < -0.39 is 0 Å². The molecule has 0 aliphatic carbocycles. The Bertz CT molecular complexity index is 485.